The summed E-state index contributed by atoms with van der Waals surface area (Å²) in [7, 11) is 0. The van der Waals surface area contributed by atoms with Gasteiger partial charge in [-0.1, -0.05) is 46.3 Å². The Morgan fingerprint density at radius 1 is 1.42 bits per heavy atom. The highest BCUT2D eigenvalue weighted by atomic mass is 79.9. The fourth-order valence-corrected chi connectivity index (χ4v) is 1.47. The number of halogens is 1. The van der Waals surface area contributed by atoms with Crippen molar-refractivity contribution in [1.82, 2.24) is 0 Å². The van der Waals surface area contributed by atoms with Gasteiger partial charge in [0.1, 0.15) is 6.10 Å². The van der Waals surface area contributed by atoms with Crippen LogP contribution in [-0.4, -0.2) is 11.8 Å². The number of ether oxygens (including phenoxy) is 1. The van der Waals surface area contributed by atoms with Gasteiger partial charge >= 0.3 is 0 Å². The van der Waals surface area contributed by atoms with Crippen molar-refractivity contribution >= 4 is 22.4 Å². The van der Waals surface area contributed by atoms with Crippen LogP contribution in [0.5, 0.6) is 0 Å². The predicted molar refractivity (Wildman–Crippen MR) is 50.1 cm³/mol. The van der Waals surface area contributed by atoms with Gasteiger partial charge in [-0.15, -0.1) is 0 Å². The molecule has 0 aliphatic rings. The molecular weight excluding hydrogens is 220 g/mol. The van der Waals surface area contributed by atoms with Crippen LogP contribution in [0.2, 0.25) is 0 Å². The minimum Gasteiger partial charge on any atom is -0.459 e. The van der Waals surface area contributed by atoms with E-state index in [1.54, 1.807) is 0 Å². The molecule has 64 valence electrons. The molecule has 0 fully saturated rings. The number of rotatable bonds is 4. The Balaban J connectivity index is 2.72. The van der Waals surface area contributed by atoms with Gasteiger partial charge in [0.15, 0.2) is 0 Å². The van der Waals surface area contributed by atoms with Crippen molar-refractivity contribution in [3.05, 3.63) is 35.9 Å². The smallest absolute Gasteiger partial charge is 0.293 e. The molecule has 2 nitrogen and oxygen atoms in total. The first-order chi connectivity index (χ1) is 5.88. The highest BCUT2D eigenvalue weighted by Crippen LogP contribution is 2.17. The van der Waals surface area contributed by atoms with E-state index < -0.39 is 0 Å². The summed E-state index contributed by atoms with van der Waals surface area (Å²) in [5.41, 5.74) is 1.00. The number of hydrogen-bond donors (Lipinski definition) is 0. The number of carbonyl (C=O) groups is 1. The van der Waals surface area contributed by atoms with E-state index in [1.165, 1.54) is 0 Å². The Morgan fingerprint density at radius 2 is 2.08 bits per heavy atom. The maximum atomic E-state index is 10.1. The summed E-state index contributed by atoms with van der Waals surface area (Å²) in [5.74, 6) is 0. The van der Waals surface area contributed by atoms with E-state index in [-0.39, 0.29) is 6.10 Å². The maximum absolute atomic E-state index is 10.1. The van der Waals surface area contributed by atoms with Crippen molar-refractivity contribution in [2.45, 2.75) is 6.10 Å². The summed E-state index contributed by atoms with van der Waals surface area (Å²) in [6, 6.07) is 9.61. The first-order valence-corrected chi connectivity index (χ1v) is 4.70. The molecule has 0 aromatic heterocycles. The van der Waals surface area contributed by atoms with Gasteiger partial charge in [0.05, 0.1) is 0 Å². The Bertz CT molecular complexity index is 236. The van der Waals surface area contributed by atoms with E-state index in [4.69, 9.17) is 4.74 Å². The SMILES string of the molecule is O=COC(CBr)c1ccccc1. The van der Waals surface area contributed by atoms with E-state index in [1.807, 2.05) is 30.3 Å². The third kappa shape index (κ3) is 2.34. The zero-order valence-electron chi connectivity index (χ0n) is 6.44. The van der Waals surface area contributed by atoms with Crippen molar-refractivity contribution < 1.29 is 9.53 Å². The molecule has 1 aromatic rings. The molecule has 0 aliphatic heterocycles. The third-order valence-corrected chi connectivity index (χ3v) is 2.12. The Labute approximate surface area is 79.7 Å². The summed E-state index contributed by atoms with van der Waals surface area (Å²) in [6.45, 7) is 0.471. The summed E-state index contributed by atoms with van der Waals surface area (Å²) in [5, 5.41) is 0.621. The monoisotopic (exact) mass is 228 g/mol. The molecule has 12 heavy (non-hydrogen) atoms. The van der Waals surface area contributed by atoms with Crippen LogP contribution in [-0.2, 0) is 9.53 Å². The zero-order valence-corrected chi connectivity index (χ0v) is 8.03. The van der Waals surface area contributed by atoms with Gasteiger partial charge in [0.2, 0.25) is 0 Å². The molecule has 1 atom stereocenters. The van der Waals surface area contributed by atoms with Crippen LogP contribution in [0, 0.1) is 0 Å². The van der Waals surface area contributed by atoms with E-state index in [9.17, 15) is 4.79 Å². The van der Waals surface area contributed by atoms with Crippen LogP contribution in [0.4, 0.5) is 0 Å². The molecule has 0 aliphatic carbocycles. The lowest BCUT2D eigenvalue weighted by molar-refractivity contribution is -0.132. The van der Waals surface area contributed by atoms with E-state index >= 15 is 0 Å². The van der Waals surface area contributed by atoms with Crippen LogP contribution in [0.25, 0.3) is 0 Å². The topological polar surface area (TPSA) is 26.3 Å². The lowest BCUT2D eigenvalue weighted by Crippen LogP contribution is -2.03. The molecule has 0 saturated heterocycles. The summed E-state index contributed by atoms with van der Waals surface area (Å²) < 4.78 is 4.85. The number of benzene rings is 1. The highest BCUT2D eigenvalue weighted by molar-refractivity contribution is 9.09. The largest absolute Gasteiger partial charge is 0.459 e. The number of hydrogen-bond acceptors (Lipinski definition) is 2. The predicted octanol–water partition coefficient (Wildman–Crippen LogP) is 2.30. The Kier molecular flexibility index (Phi) is 3.80. The maximum Gasteiger partial charge on any atom is 0.293 e. The first-order valence-electron chi connectivity index (χ1n) is 3.58. The molecule has 1 aromatic carbocycles. The fraction of sp³-hybridized carbons (Fsp3) is 0.222. The standard InChI is InChI=1S/C9H9BrO2/c10-6-9(12-7-11)8-4-2-1-3-5-8/h1-5,7,9H,6H2. The van der Waals surface area contributed by atoms with Crippen molar-refractivity contribution in [3.63, 3.8) is 0 Å². The zero-order chi connectivity index (χ0) is 8.81. The average molecular weight is 229 g/mol. The third-order valence-electron chi connectivity index (χ3n) is 1.53. The van der Waals surface area contributed by atoms with Gasteiger partial charge in [-0.2, -0.15) is 0 Å². The average Bonchev–Trinajstić information content (AvgIpc) is 2.15. The van der Waals surface area contributed by atoms with Crippen LogP contribution in [0.1, 0.15) is 11.7 Å². The van der Waals surface area contributed by atoms with Crippen LogP contribution < -0.4 is 0 Å². The number of alkyl halides is 1. The van der Waals surface area contributed by atoms with Gasteiger partial charge in [-0.3, -0.25) is 4.79 Å². The molecule has 1 unspecified atom stereocenters. The molecule has 0 spiro atoms. The Morgan fingerprint density at radius 3 is 2.58 bits per heavy atom. The quantitative estimate of drug-likeness (QED) is 0.584. The molecule has 0 heterocycles. The van der Waals surface area contributed by atoms with Crippen molar-refractivity contribution in [2.24, 2.45) is 0 Å². The van der Waals surface area contributed by atoms with Crippen molar-refractivity contribution in [2.75, 3.05) is 5.33 Å². The van der Waals surface area contributed by atoms with Gasteiger partial charge in [0.25, 0.3) is 6.47 Å². The second kappa shape index (κ2) is 4.93. The second-order valence-corrected chi connectivity index (χ2v) is 2.93. The minimum atomic E-state index is -0.177. The molecular formula is C9H9BrO2. The van der Waals surface area contributed by atoms with Gasteiger partial charge < -0.3 is 4.74 Å². The van der Waals surface area contributed by atoms with Crippen LogP contribution in [0.3, 0.4) is 0 Å². The van der Waals surface area contributed by atoms with E-state index in [2.05, 4.69) is 15.9 Å². The normalized spacial score (nSPS) is 12.1. The van der Waals surface area contributed by atoms with Crippen molar-refractivity contribution in [3.8, 4) is 0 Å². The van der Waals surface area contributed by atoms with E-state index in [0.717, 1.165) is 5.56 Å². The lowest BCUT2D eigenvalue weighted by atomic mass is 10.1. The number of carbonyl (C=O) groups excluding carboxylic acids is 1. The molecule has 0 radical (unpaired) electrons. The molecule has 1 rings (SSSR count). The molecule has 0 bridgehead atoms. The van der Waals surface area contributed by atoms with Gasteiger partial charge in [0, 0.05) is 5.33 Å². The Hall–Kier alpha value is -0.830. The van der Waals surface area contributed by atoms with Crippen LogP contribution >= 0.6 is 15.9 Å². The molecule has 0 saturated carbocycles. The molecule has 0 amide bonds. The molecule has 3 heteroatoms. The fourth-order valence-electron chi connectivity index (χ4n) is 0.939. The van der Waals surface area contributed by atoms with Gasteiger partial charge in [-0.25, -0.2) is 0 Å². The first kappa shape index (κ1) is 9.26. The van der Waals surface area contributed by atoms with E-state index in [0.29, 0.717) is 11.8 Å². The minimum absolute atomic E-state index is 0.177. The van der Waals surface area contributed by atoms with Crippen molar-refractivity contribution in [1.29, 1.82) is 0 Å². The van der Waals surface area contributed by atoms with Crippen LogP contribution in [0.15, 0.2) is 30.3 Å². The summed E-state index contributed by atoms with van der Waals surface area (Å²) in [4.78, 5) is 10.1. The molecule has 0 N–H and O–H groups in total. The highest BCUT2D eigenvalue weighted by Gasteiger charge is 2.08. The summed E-state index contributed by atoms with van der Waals surface area (Å²) in [6.07, 6.45) is -0.177. The lowest BCUT2D eigenvalue weighted by Gasteiger charge is -2.11. The van der Waals surface area contributed by atoms with Gasteiger partial charge in [-0.05, 0) is 5.56 Å². The summed E-state index contributed by atoms with van der Waals surface area (Å²) >= 11 is 3.27. The second-order valence-electron chi connectivity index (χ2n) is 2.29.